The van der Waals surface area contributed by atoms with Crippen LogP contribution in [-0.4, -0.2) is 0 Å². The molecule has 68 valence electrons. The van der Waals surface area contributed by atoms with Gasteiger partial charge in [0.2, 0.25) is 0 Å². The van der Waals surface area contributed by atoms with Crippen LogP contribution in [0.15, 0.2) is 23.3 Å². The van der Waals surface area contributed by atoms with Gasteiger partial charge in [-0.25, -0.2) is 0 Å². The van der Waals surface area contributed by atoms with Gasteiger partial charge in [0.15, 0.2) is 0 Å². The molecule has 1 rings (SSSR count). The van der Waals surface area contributed by atoms with Crippen molar-refractivity contribution in [1.29, 1.82) is 0 Å². The molecule has 0 heteroatoms. The Balaban J connectivity index is 2.58. The third-order valence-electron chi connectivity index (χ3n) is 2.70. The van der Waals surface area contributed by atoms with Crippen molar-refractivity contribution >= 4 is 0 Å². The van der Waals surface area contributed by atoms with E-state index in [1.54, 1.807) is 5.57 Å². The highest BCUT2D eigenvalue weighted by Gasteiger charge is 2.15. The minimum atomic E-state index is 0.921. The summed E-state index contributed by atoms with van der Waals surface area (Å²) < 4.78 is 0. The van der Waals surface area contributed by atoms with Crippen molar-refractivity contribution in [2.45, 2.75) is 46.5 Å². The molecule has 0 aromatic carbocycles. The molecule has 0 heterocycles. The first kappa shape index (κ1) is 9.57. The van der Waals surface area contributed by atoms with Crippen LogP contribution in [0.2, 0.25) is 0 Å². The highest BCUT2D eigenvalue weighted by molar-refractivity contribution is 5.25. The van der Waals surface area contributed by atoms with Crippen molar-refractivity contribution < 1.29 is 0 Å². The van der Waals surface area contributed by atoms with E-state index in [4.69, 9.17) is 0 Å². The summed E-state index contributed by atoms with van der Waals surface area (Å²) in [5.74, 6) is 0.921. The van der Waals surface area contributed by atoms with Crippen LogP contribution >= 0.6 is 0 Å². The Morgan fingerprint density at radius 1 is 1.58 bits per heavy atom. The van der Waals surface area contributed by atoms with E-state index in [9.17, 15) is 0 Å². The second-order valence-corrected chi connectivity index (χ2v) is 3.95. The standard InChI is InChI=1S/C12H20/c1-4-5-6-11(3)12-8-7-10(2)9-12/h5-6,10H,4,7-9H2,1-3H3. The predicted octanol–water partition coefficient (Wildman–Crippen LogP) is 4.09. The molecule has 12 heavy (non-hydrogen) atoms. The SMILES string of the molecule is CCC=CC(C)=C1CCC(C)C1. The van der Waals surface area contributed by atoms with E-state index < -0.39 is 0 Å². The average Bonchev–Trinajstić information content (AvgIpc) is 2.47. The molecule has 0 aromatic rings. The Kier molecular flexibility index (Phi) is 3.58. The molecule has 1 aliphatic carbocycles. The first-order valence-corrected chi connectivity index (χ1v) is 5.09. The van der Waals surface area contributed by atoms with E-state index in [1.165, 1.54) is 24.8 Å². The fourth-order valence-corrected chi connectivity index (χ4v) is 1.82. The summed E-state index contributed by atoms with van der Waals surface area (Å²) in [6, 6.07) is 0. The lowest BCUT2D eigenvalue weighted by molar-refractivity contribution is 0.620. The minimum absolute atomic E-state index is 0.921. The molecule has 1 unspecified atom stereocenters. The summed E-state index contributed by atoms with van der Waals surface area (Å²) in [7, 11) is 0. The third-order valence-corrected chi connectivity index (χ3v) is 2.70. The van der Waals surface area contributed by atoms with Gasteiger partial charge in [0.1, 0.15) is 0 Å². The molecule has 0 nitrogen and oxygen atoms in total. The Morgan fingerprint density at radius 2 is 2.33 bits per heavy atom. The largest absolute Gasteiger partial charge is 0.0845 e. The maximum atomic E-state index is 2.35. The average molecular weight is 164 g/mol. The van der Waals surface area contributed by atoms with Gasteiger partial charge in [0.05, 0.1) is 0 Å². The number of rotatable bonds is 2. The summed E-state index contributed by atoms with van der Waals surface area (Å²) in [5.41, 5.74) is 3.20. The van der Waals surface area contributed by atoms with Crippen LogP contribution in [0.25, 0.3) is 0 Å². The monoisotopic (exact) mass is 164 g/mol. The zero-order chi connectivity index (χ0) is 8.97. The lowest BCUT2D eigenvalue weighted by Gasteiger charge is -2.00. The summed E-state index contributed by atoms with van der Waals surface area (Å²) in [4.78, 5) is 0. The van der Waals surface area contributed by atoms with Crippen molar-refractivity contribution in [1.82, 2.24) is 0 Å². The maximum Gasteiger partial charge on any atom is -0.0289 e. The lowest BCUT2D eigenvalue weighted by Crippen LogP contribution is -1.83. The van der Waals surface area contributed by atoms with Gasteiger partial charge in [0, 0.05) is 0 Å². The van der Waals surface area contributed by atoms with Crippen LogP contribution in [0.5, 0.6) is 0 Å². The van der Waals surface area contributed by atoms with Gasteiger partial charge < -0.3 is 0 Å². The van der Waals surface area contributed by atoms with Crippen LogP contribution < -0.4 is 0 Å². The van der Waals surface area contributed by atoms with Crippen LogP contribution in [0, 0.1) is 5.92 Å². The van der Waals surface area contributed by atoms with Crippen molar-refractivity contribution in [3.8, 4) is 0 Å². The van der Waals surface area contributed by atoms with E-state index in [0.717, 1.165) is 12.3 Å². The van der Waals surface area contributed by atoms with Gasteiger partial charge >= 0.3 is 0 Å². The molecule has 1 atom stereocenters. The molecule has 0 aliphatic heterocycles. The Hall–Kier alpha value is -0.520. The van der Waals surface area contributed by atoms with E-state index in [0.29, 0.717) is 0 Å². The van der Waals surface area contributed by atoms with E-state index in [-0.39, 0.29) is 0 Å². The summed E-state index contributed by atoms with van der Waals surface area (Å²) >= 11 is 0. The second-order valence-electron chi connectivity index (χ2n) is 3.95. The third kappa shape index (κ3) is 2.51. The highest BCUT2D eigenvalue weighted by atomic mass is 14.2. The topological polar surface area (TPSA) is 0 Å². The molecule has 1 fully saturated rings. The molecule has 1 aliphatic rings. The van der Waals surface area contributed by atoms with Crippen LogP contribution in [0.3, 0.4) is 0 Å². The first-order valence-electron chi connectivity index (χ1n) is 5.09. The van der Waals surface area contributed by atoms with E-state index in [2.05, 4.69) is 32.9 Å². The van der Waals surface area contributed by atoms with Crippen LogP contribution in [0.1, 0.15) is 46.5 Å². The van der Waals surface area contributed by atoms with Gasteiger partial charge in [-0.1, -0.05) is 37.1 Å². The van der Waals surface area contributed by atoms with Crippen molar-refractivity contribution in [3.05, 3.63) is 23.3 Å². The molecular formula is C12H20. The van der Waals surface area contributed by atoms with Gasteiger partial charge in [-0.3, -0.25) is 0 Å². The van der Waals surface area contributed by atoms with E-state index >= 15 is 0 Å². The van der Waals surface area contributed by atoms with Gasteiger partial charge in [0.25, 0.3) is 0 Å². The zero-order valence-electron chi connectivity index (χ0n) is 8.56. The summed E-state index contributed by atoms with van der Waals surface area (Å²) in [5, 5.41) is 0. The maximum absolute atomic E-state index is 2.35. The summed E-state index contributed by atoms with van der Waals surface area (Å²) in [6.45, 7) is 6.79. The molecule has 0 saturated heterocycles. The fraction of sp³-hybridized carbons (Fsp3) is 0.667. The molecule has 0 N–H and O–H groups in total. The molecule has 0 bridgehead atoms. The predicted molar refractivity (Wildman–Crippen MR) is 55.1 cm³/mol. The van der Waals surface area contributed by atoms with E-state index in [1.807, 2.05) is 0 Å². The summed E-state index contributed by atoms with van der Waals surface area (Å²) in [6.07, 6.45) is 9.76. The molecular weight excluding hydrogens is 144 g/mol. The van der Waals surface area contributed by atoms with Crippen molar-refractivity contribution in [2.24, 2.45) is 5.92 Å². The van der Waals surface area contributed by atoms with Crippen LogP contribution in [-0.2, 0) is 0 Å². The Bertz CT molecular complexity index is 196. The first-order chi connectivity index (χ1) is 5.74. The smallest absolute Gasteiger partial charge is 0.0289 e. The van der Waals surface area contributed by atoms with Crippen molar-refractivity contribution in [3.63, 3.8) is 0 Å². The second kappa shape index (κ2) is 4.49. The van der Waals surface area contributed by atoms with Gasteiger partial charge in [-0.15, -0.1) is 0 Å². The quantitative estimate of drug-likeness (QED) is 0.576. The molecule has 0 amide bonds. The molecule has 0 radical (unpaired) electrons. The number of allylic oxidation sites excluding steroid dienone is 4. The normalized spacial score (nSPS) is 28.4. The van der Waals surface area contributed by atoms with Gasteiger partial charge in [-0.2, -0.15) is 0 Å². The van der Waals surface area contributed by atoms with Crippen molar-refractivity contribution in [2.75, 3.05) is 0 Å². The number of hydrogen-bond donors (Lipinski definition) is 0. The zero-order valence-corrected chi connectivity index (χ0v) is 8.56. The fourth-order valence-electron chi connectivity index (χ4n) is 1.82. The highest BCUT2D eigenvalue weighted by Crippen LogP contribution is 2.32. The van der Waals surface area contributed by atoms with Crippen LogP contribution in [0.4, 0.5) is 0 Å². The Labute approximate surface area is 76.4 Å². The molecule has 0 spiro atoms. The Morgan fingerprint density at radius 3 is 2.83 bits per heavy atom. The molecule has 0 aromatic heterocycles. The lowest BCUT2D eigenvalue weighted by atomic mass is 10.1. The van der Waals surface area contributed by atoms with Gasteiger partial charge in [-0.05, 0) is 38.5 Å². The molecule has 1 saturated carbocycles. The number of hydrogen-bond acceptors (Lipinski definition) is 0. The minimum Gasteiger partial charge on any atom is -0.0845 e.